The quantitative estimate of drug-likeness (QED) is 0.828. The highest BCUT2D eigenvalue weighted by molar-refractivity contribution is 7.07. The maximum atomic E-state index is 12.4. The third kappa shape index (κ3) is 5.26. The molecule has 3 rings (SSSR count). The molecule has 0 bridgehead atoms. The van der Waals surface area contributed by atoms with Gasteiger partial charge in [0, 0.05) is 38.1 Å². The van der Waals surface area contributed by atoms with Crippen LogP contribution in [0.5, 0.6) is 0 Å². The molecule has 2 aliphatic rings. The second kappa shape index (κ2) is 8.76. The molecule has 1 aromatic heterocycles. The average molecular weight is 337 g/mol. The largest absolute Gasteiger partial charge is 0.368 e. The second-order valence-electron chi connectivity index (χ2n) is 6.56. The molecule has 0 N–H and O–H groups in total. The molecule has 0 aromatic carbocycles. The van der Waals surface area contributed by atoms with Crippen LogP contribution in [0.25, 0.3) is 0 Å². The first-order chi connectivity index (χ1) is 11.3. The van der Waals surface area contributed by atoms with Crippen LogP contribution in [0.2, 0.25) is 0 Å². The zero-order chi connectivity index (χ0) is 15.9. The average Bonchev–Trinajstić information content (AvgIpc) is 2.98. The van der Waals surface area contributed by atoms with Crippen LogP contribution in [-0.2, 0) is 16.1 Å². The van der Waals surface area contributed by atoms with Gasteiger partial charge in [0.2, 0.25) is 5.91 Å². The van der Waals surface area contributed by atoms with E-state index in [0.29, 0.717) is 6.10 Å². The summed E-state index contributed by atoms with van der Waals surface area (Å²) in [5.41, 5.74) is 3.02. The molecule has 1 aliphatic heterocycles. The third-order valence-corrected chi connectivity index (χ3v) is 5.44. The van der Waals surface area contributed by atoms with Crippen LogP contribution in [0.15, 0.2) is 10.9 Å². The van der Waals surface area contributed by atoms with Crippen LogP contribution in [-0.4, -0.2) is 59.6 Å². The van der Waals surface area contributed by atoms with E-state index in [0.717, 1.165) is 57.7 Å². The molecule has 1 saturated carbocycles. The van der Waals surface area contributed by atoms with E-state index < -0.39 is 0 Å². The molecule has 1 amide bonds. The Balaban J connectivity index is 1.40. The number of nitrogens with zero attached hydrogens (tertiary/aromatic N) is 3. The summed E-state index contributed by atoms with van der Waals surface area (Å²) in [6.07, 6.45) is 7.38. The Morgan fingerprint density at radius 3 is 2.83 bits per heavy atom. The van der Waals surface area contributed by atoms with Crippen molar-refractivity contribution in [1.82, 2.24) is 14.8 Å². The van der Waals surface area contributed by atoms with Gasteiger partial charge in [0.05, 0.1) is 17.3 Å². The fraction of sp³-hybridized carbons (Fsp3) is 0.765. The summed E-state index contributed by atoms with van der Waals surface area (Å²) in [6, 6.07) is 0. The van der Waals surface area contributed by atoms with E-state index in [4.69, 9.17) is 4.74 Å². The van der Waals surface area contributed by atoms with Crippen LogP contribution >= 0.6 is 11.3 Å². The van der Waals surface area contributed by atoms with Crippen LogP contribution in [0.4, 0.5) is 0 Å². The number of carbonyl (C=O) groups excluding carboxylic acids is 1. The van der Waals surface area contributed by atoms with Gasteiger partial charge >= 0.3 is 0 Å². The topological polar surface area (TPSA) is 45.7 Å². The molecular weight excluding hydrogens is 310 g/mol. The minimum absolute atomic E-state index is 0.158. The lowest BCUT2D eigenvalue weighted by atomic mass is 9.98. The Morgan fingerprint density at radius 2 is 2.04 bits per heavy atom. The zero-order valence-electron chi connectivity index (χ0n) is 13.8. The van der Waals surface area contributed by atoms with Gasteiger partial charge in [0.1, 0.15) is 6.61 Å². The summed E-state index contributed by atoms with van der Waals surface area (Å²) < 4.78 is 5.84. The Labute approximate surface area is 142 Å². The lowest BCUT2D eigenvalue weighted by Gasteiger charge is -2.25. The first-order valence-corrected chi connectivity index (χ1v) is 9.74. The van der Waals surface area contributed by atoms with E-state index in [1.165, 1.54) is 19.3 Å². The first kappa shape index (κ1) is 16.9. The third-order valence-electron chi connectivity index (χ3n) is 4.81. The number of hydrogen-bond donors (Lipinski definition) is 0. The number of amides is 1. The Morgan fingerprint density at radius 1 is 1.17 bits per heavy atom. The highest BCUT2D eigenvalue weighted by atomic mass is 32.1. The molecule has 5 nitrogen and oxygen atoms in total. The Kier molecular flexibility index (Phi) is 6.42. The van der Waals surface area contributed by atoms with Gasteiger partial charge in [-0.2, -0.15) is 0 Å². The molecule has 0 radical (unpaired) electrons. The zero-order valence-corrected chi connectivity index (χ0v) is 14.6. The standard InChI is InChI=1S/C17H27N3O2S/c21-17(12-22-16-5-2-1-3-6-16)20-8-4-7-19(9-10-20)11-15-13-23-14-18-15/h13-14,16H,1-12H2. The fourth-order valence-electron chi connectivity index (χ4n) is 3.44. The molecular formula is C17H27N3O2S. The van der Waals surface area contributed by atoms with Crippen molar-refractivity contribution in [2.24, 2.45) is 0 Å². The summed E-state index contributed by atoms with van der Waals surface area (Å²) in [5.74, 6) is 0.158. The van der Waals surface area contributed by atoms with Gasteiger partial charge in [0.15, 0.2) is 0 Å². The predicted octanol–water partition coefficient (Wildman–Crippen LogP) is 2.53. The van der Waals surface area contributed by atoms with Crippen molar-refractivity contribution >= 4 is 17.2 Å². The van der Waals surface area contributed by atoms with Crippen molar-refractivity contribution in [3.05, 3.63) is 16.6 Å². The number of carbonyl (C=O) groups is 1. The first-order valence-electron chi connectivity index (χ1n) is 8.80. The van der Waals surface area contributed by atoms with Gasteiger partial charge < -0.3 is 9.64 Å². The van der Waals surface area contributed by atoms with E-state index >= 15 is 0 Å². The minimum atomic E-state index is 0.158. The highest BCUT2D eigenvalue weighted by Crippen LogP contribution is 2.20. The van der Waals surface area contributed by atoms with Gasteiger partial charge in [-0.15, -0.1) is 11.3 Å². The van der Waals surface area contributed by atoms with Gasteiger partial charge in [-0.25, -0.2) is 4.98 Å². The molecule has 0 atom stereocenters. The van der Waals surface area contributed by atoms with Crippen molar-refractivity contribution in [2.75, 3.05) is 32.8 Å². The lowest BCUT2D eigenvalue weighted by molar-refractivity contribution is -0.138. The van der Waals surface area contributed by atoms with Gasteiger partial charge in [0.25, 0.3) is 0 Å². The molecule has 2 fully saturated rings. The second-order valence-corrected chi connectivity index (χ2v) is 7.28. The van der Waals surface area contributed by atoms with Crippen molar-refractivity contribution < 1.29 is 9.53 Å². The van der Waals surface area contributed by atoms with Crippen molar-refractivity contribution in [1.29, 1.82) is 0 Å². The number of hydrogen-bond acceptors (Lipinski definition) is 5. The maximum absolute atomic E-state index is 12.4. The van der Waals surface area contributed by atoms with E-state index in [1.807, 2.05) is 10.4 Å². The monoisotopic (exact) mass is 337 g/mol. The van der Waals surface area contributed by atoms with Crippen molar-refractivity contribution in [3.63, 3.8) is 0 Å². The van der Waals surface area contributed by atoms with E-state index in [1.54, 1.807) is 11.3 Å². The van der Waals surface area contributed by atoms with E-state index in [2.05, 4.69) is 15.3 Å². The Bertz CT molecular complexity index is 474. The number of aromatic nitrogens is 1. The fourth-order valence-corrected chi connectivity index (χ4v) is 3.98. The summed E-state index contributed by atoms with van der Waals surface area (Å²) >= 11 is 1.64. The number of rotatable bonds is 5. The minimum Gasteiger partial charge on any atom is -0.368 e. The maximum Gasteiger partial charge on any atom is 0.248 e. The molecule has 1 aromatic rings. The molecule has 0 unspecified atom stereocenters. The molecule has 128 valence electrons. The van der Waals surface area contributed by atoms with Gasteiger partial charge in [-0.3, -0.25) is 9.69 Å². The molecule has 0 spiro atoms. The van der Waals surface area contributed by atoms with Crippen LogP contribution in [0, 0.1) is 0 Å². The summed E-state index contributed by atoms with van der Waals surface area (Å²) in [6.45, 7) is 4.76. The molecule has 6 heteroatoms. The summed E-state index contributed by atoms with van der Waals surface area (Å²) in [5, 5.41) is 2.10. The Hall–Kier alpha value is -0.980. The smallest absolute Gasteiger partial charge is 0.248 e. The summed E-state index contributed by atoms with van der Waals surface area (Å²) in [4.78, 5) is 21.1. The van der Waals surface area contributed by atoms with Crippen molar-refractivity contribution in [3.8, 4) is 0 Å². The van der Waals surface area contributed by atoms with Gasteiger partial charge in [-0.05, 0) is 19.3 Å². The van der Waals surface area contributed by atoms with Crippen LogP contribution in [0.1, 0.15) is 44.2 Å². The van der Waals surface area contributed by atoms with E-state index in [-0.39, 0.29) is 12.5 Å². The SMILES string of the molecule is O=C(COC1CCCCC1)N1CCCN(Cc2cscn2)CC1. The summed E-state index contributed by atoms with van der Waals surface area (Å²) in [7, 11) is 0. The molecule has 1 saturated heterocycles. The highest BCUT2D eigenvalue weighted by Gasteiger charge is 2.21. The van der Waals surface area contributed by atoms with Crippen molar-refractivity contribution in [2.45, 2.75) is 51.2 Å². The van der Waals surface area contributed by atoms with Gasteiger partial charge in [-0.1, -0.05) is 19.3 Å². The molecule has 1 aliphatic carbocycles. The normalized spacial score (nSPS) is 21.3. The van der Waals surface area contributed by atoms with Crippen LogP contribution in [0.3, 0.4) is 0 Å². The lowest BCUT2D eigenvalue weighted by Crippen LogP contribution is -2.38. The van der Waals surface area contributed by atoms with Crippen LogP contribution < -0.4 is 0 Å². The van der Waals surface area contributed by atoms with E-state index in [9.17, 15) is 4.79 Å². The number of ether oxygens (including phenoxy) is 1. The number of thiazole rings is 1. The predicted molar refractivity (Wildman–Crippen MR) is 91.4 cm³/mol. The molecule has 2 heterocycles. The molecule has 23 heavy (non-hydrogen) atoms.